The molecule has 1 amide bonds. The summed E-state index contributed by atoms with van der Waals surface area (Å²) in [6.45, 7) is 6.33. The molecular weight excluding hydrogens is 476 g/mol. The largest absolute Gasteiger partial charge is 0.493 e. The lowest BCUT2D eigenvalue weighted by molar-refractivity contribution is -0.123. The highest BCUT2D eigenvalue weighted by atomic mass is 16.7. The SMILES string of the molecule is COc1cc(/C=N/NC(=O)COc2ccc(C(C)(C)C)cc2)ccc1OC(=O)c1ccc2c(c1)OCO2. The number of fused-ring (bicyclic) bond motifs is 1. The smallest absolute Gasteiger partial charge is 0.343 e. The first-order chi connectivity index (χ1) is 17.7. The number of rotatable bonds is 8. The number of hydrogen-bond acceptors (Lipinski definition) is 8. The Hall–Kier alpha value is -4.53. The van der Waals surface area contributed by atoms with Crippen LogP contribution in [0.15, 0.2) is 65.8 Å². The summed E-state index contributed by atoms with van der Waals surface area (Å²) in [5, 5.41) is 3.95. The van der Waals surface area contributed by atoms with Crippen molar-refractivity contribution in [1.29, 1.82) is 0 Å². The molecule has 0 aromatic heterocycles. The van der Waals surface area contributed by atoms with Crippen LogP contribution in [0.25, 0.3) is 0 Å². The van der Waals surface area contributed by atoms with Gasteiger partial charge in [0.1, 0.15) is 5.75 Å². The van der Waals surface area contributed by atoms with Gasteiger partial charge in [-0.3, -0.25) is 4.79 Å². The van der Waals surface area contributed by atoms with E-state index in [0.29, 0.717) is 34.1 Å². The molecule has 3 aromatic carbocycles. The van der Waals surface area contributed by atoms with Crippen molar-refractivity contribution in [2.75, 3.05) is 20.5 Å². The summed E-state index contributed by atoms with van der Waals surface area (Å²) >= 11 is 0. The van der Waals surface area contributed by atoms with Crippen molar-refractivity contribution in [3.05, 3.63) is 77.4 Å². The zero-order chi connectivity index (χ0) is 26.4. The van der Waals surface area contributed by atoms with Crippen molar-refractivity contribution in [1.82, 2.24) is 5.43 Å². The number of nitrogens with zero attached hydrogens (tertiary/aromatic N) is 1. The second-order valence-corrected chi connectivity index (χ2v) is 9.22. The first kappa shape index (κ1) is 25.6. The number of carbonyl (C=O) groups is 2. The number of nitrogens with one attached hydrogen (secondary N) is 1. The highest BCUT2D eigenvalue weighted by molar-refractivity contribution is 5.92. The van der Waals surface area contributed by atoms with E-state index in [1.165, 1.54) is 18.9 Å². The number of ether oxygens (including phenoxy) is 5. The Bertz CT molecular complexity index is 1310. The van der Waals surface area contributed by atoms with Gasteiger partial charge >= 0.3 is 5.97 Å². The first-order valence-corrected chi connectivity index (χ1v) is 11.6. The van der Waals surface area contributed by atoms with Crippen LogP contribution in [-0.2, 0) is 10.2 Å². The average Bonchev–Trinajstić information content (AvgIpc) is 3.36. The fourth-order valence-corrected chi connectivity index (χ4v) is 3.44. The highest BCUT2D eigenvalue weighted by Gasteiger charge is 2.19. The van der Waals surface area contributed by atoms with Crippen LogP contribution in [0.4, 0.5) is 0 Å². The molecule has 0 fully saturated rings. The molecule has 9 nitrogen and oxygen atoms in total. The zero-order valence-electron chi connectivity index (χ0n) is 21.1. The van der Waals surface area contributed by atoms with Crippen molar-refractivity contribution in [2.45, 2.75) is 26.2 Å². The molecule has 9 heteroatoms. The predicted octanol–water partition coefficient (Wildman–Crippen LogP) is 4.47. The van der Waals surface area contributed by atoms with Gasteiger partial charge in [-0.25, -0.2) is 10.2 Å². The van der Waals surface area contributed by atoms with Gasteiger partial charge in [-0.1, -0.05) is 32.9 Å². The predicted molar refractivity (Wildman–Crippen MR) is 137 cm³/mol. The molecule has 4 rings (SSSR count). The van der Waals surface area contributed by atoms with Gasteiger partial charge in [-0.15, -0.1) is 0 Å². The topological polar surface area (TPSA) is 105 Å². The monoisotopic (exact) mass is 504 g/mol. The summed E-state index contributed by atoms with van der Waals surface area (Å²) in [4.78, 5) is 24.7. The zero-order valence-corrected chi connectivity index (χ0v) is 21.1. The summed E-state index contributed by atoms with van der Waals surface area (Å²) < 4.78 is 26.9. The lowest BCUT2D eigenvalue weighted by Crippen LogP contribution is -2.24. The van der Waals surface area contributed by atoms with Gasteiger partial charge in [0.2, 0.25) is 6.79 Å². The van der Waals surface area contributed by atoms with E-state index in [2.05, 4.69) is 31.3 Å². The van der Waals surface area contributed by atoms with Crippen molar-refractivity contribution in [3.63, 3.8) is 0 Å². The molecular formula is C28H28N2O7. The second-order valence-electron chi connectivity index (χ2n) is 9.22. The van der Waals surface area contributed by atoms with Gasteiger partial charge in [0.15, 0.2) is 29.6 Å². The summed E-state index contributed by atoms with van der Waals surface area (Å²) in [5.41, 5.74) is 4.58. The van der Waals surface area contributed by atoms with E-state index >= 15 is 0 Å². The number of esters is 1. The van der Waals surface area contributed by atoms with E-state index in [9.17, 15) is 9.59 Å². The minimum atomic E-state index is -0.571. The van der Waals surface area contributed by atoms with Crippen LogP contribution >= 0.6 is 0 Å². The fraction of sp³-hybridized carbons (Fsp3) is 0.250. The van der Waals surface area contributed by atoms with Gasteiger partial charge in [0.25, 0.3) is 5.91 Å². The minimum Gasteiger partial charge on any atom is -0.493 e. The molecule has 3 aromatic rings. The van der Waals surface area contributed by atoms with Crippen LogP contribution in [0.5, 0.6) is 28.7 Å². The number of benzene rings is 3. The van der Waals surface area contributed by atoms with Gasteiger partial charge in [0, 0.05) is 0 Å². The molecule has 0 unspecified atom stereocenters. The molecule has 0 saturated heterocycles. The maximum absolute atomic E-state index is 12.6. The number of methoxy groups -OCH3 is 1. The molecule has 0 bridgehead atoms. The Morgan fingerprint density at radius 3 is 2.46 bits per heavy atom. The van der Waals surface area contributed by atoms with Gasteiger partial charge in [0.05, 0.1) is 18.9 Å². The van der Waals surface area contributed by atoms with Crippen molar-refractivity contribution in [2.24, 2.45) is 5.10 Å². The second kappa shape index (κ2) is 11.0. The summed E-state index contributed by atoms with van der Waals surface area (Å²) in [6.07, 6.45) is 1.45. The highest BCUT2D eigenvalue weighted by Crippen LogP contribution is 2.34. The minimum absolute atomic E-state index is 0.0420. The van der Waals surface area contributed by atoms with Crippen LogP contribution in [0, 0.1) is 0 Å². The van der Waals surface area contributed by atoms with E-state index in [1.807, 2.05) is 24.3 Å². The van der Waals surface area contributed by atoms with E-state index in [0.717, 1.165) is 0 Å². The van der Waals surface area contributed by atoms with Crippen LogP contribution in [0.2, 0.25) is 0 Å². The molecule has 0 saturated carbocycles. The van der Waals surface area contributed by atoms with Crippen LogP contribution < -0.4 is 29.1 Å². The number of carbonyl (C=O) groups excluding carboxylic acids is 2. The quantitative estimate of drug-likeness (QED) is 0.209. The van der Waals surface area contributed by atoms with E-state index < -0.39 is 11.9 Å². The lowest BCUT2D eigenvalue weighted by atomic mass is 9.87. The van der Waals surface area contributed by atoms with Crippen molar-refractivity contribution < 1.29 is 33.3 Å². The van der Waals surface area contributed by atoms with Crippen molar-refractivity contribution in [3.8, 4) is 28.7 Å². The van der Waals surface area contributed by atoms with Gasteiger partial charge in [-0.05, 0) is 65.1 Å². The van der Waals surface area contributed by atoms with E-state index in [1.54, 1.807) is 36.4 Å². The van der Waals surface area contributed by atoms with Crippen LogP contribution in [-0.4, -0.2) is 38.6 Å². The third-order valence-electron chi connectivity index (χ3n) is 5.49. The molecule has 37 heavy (non-hydrogen) atoms. The number of amides is 1. The summed E-state index contributed by atoms with van der Waals surface area (Å²) in [7, 11) is 1.46. The average molecular weight is 505 g/mol. The maximum atomic E-state index is 12.6. The third kappa shape index (κ3) is 6.58. The van der Waals surface area contributed by atoms with E-state index in [4.69, 9.17) is 23.7 Å². The van der Waals surface area contributed by atoms with Crippen molar-refractivity contribution >= 4 is 18.1 Å². The molecule has 1 N–H and O–H groups in total. The van der Waals surface area contributed by atoms with Crippen LogP contribution in [0.1, 0.15) is 42.3 Å². The molecule has 1 heterocycles. The van der Waals surface area contributed by atoms with Gasteiger partial charge < -0.3 is 23.7 Å². The van der Waals surface area contributed by atoms with E-state index in [-0.39, 0.29) is 24.6 Å². The molecule has 0 spiro atoms. The Labute approximate surface area is 214 Å². The number of hydrogen-bond donors (Lipinski definition) is 1. The maximum Gasteiger partial charge on any atom is 0.343 e. The lowest BCUT2D eigenvalue weighted by Gasteiger charge is -2.19. The Morgan fingerprint density at radius 1 is 0.973 bits per heavy atom. The Kier molecular flexibility index (Phi) is 7.62. The standard InChI is InChI=1S/C28H28N2O7/c1-28(2,3)20-7-9-21(10-8-20)34-16-26(31)30-29-15-18-5-11-23(24(13-18)33-4)37-27(32)19-6-12-22-25(14-19)36-17-35-22/h5-15H,16-17H2,1-4H3,(H,30,31)/b29-15+. The molecule has 1 aliphatic rings. The number of hydrazone groups is 1. The molecule has 0 atom stereocenters. The van der Waals surface area contributed by atoms with Gasteiger partial charge in [-0.2, -0.15) is 5.10 Å². The Balaban J connectivity index is 1.30. The Morgan fingerprint density at radius 2 is 1.73 bits per heavy atom. The normalized spacial score (nSPS) is 12.3. The fourth-order valence-electron chi connectivity index (χ4n) is 3.44. The first-order valence-electron chi connectivity index (χ1n) is 11.6. The molecule has 0 radical (unpaired) electrons. The van der Waals surface area contributed by atoms with Crippen LogP contribution in [0.3, 0.4) is 0 Å². The molecule has 0 aliphatic carbocycles. The molecule has 192 valence electrons. The summed E-state index contributed by atoms with van der Waals surface area (Å²) in [5.74, 6) is 1.24. The molecule has 1 aliphatic heterocycles. The third-order valence-corrected chi connectivity index (χ3v) is 5.49. The summed E-state index contributed by atoms with van der Waals surface area (Å²) in [6, 6.07) is 17.3.